The van der Waals surface area contributed by atoms with Crippen molar-refractivity contribution in [2.75, 3.05) is 0 Å². The maximum atomic E-state index is 11.9. The number of halogens is 1. The van der Waals surface area contributed by atoms with E-state index in [1.165, 1.54) is 11.8 Å². The van der Waals surface area contributed by atoms with Crippen molar-refractivity contribution in [1.29, 1.82) is 0 Å². The van der Waals surface area contributed by atoms with E-state index >= 15 is 0 Å². The Hall–Kier alpha value is -2.31. The number of rotatable bonds is 3. The van der Waals surface area contributed by atoms with Crippen molar-refractivity contribution in [3.63, 3.8) is 0 Å². The van der Waals surface area contributed by atoms with E-state index in [2.05, 4.69) is 15.0 Å². The monoisotopic (exact) mass is 371 g/mol. The van der Waals surface area contributed by atoms with Gasteiger partial charge >= 0.3 is 5.63 Å². The van der Waals surface area contributed by atoms with Crippen LogP contribution in [-0.4, -0.2) is 15.0 Å². The topological polar surface area (TPSA) is 71.8 Å². The summed E-state index contributed by atoms with van der Waals surface area (Å²) in [6.07, 6.45) is 1.57. The molecule has 4 rings (SSSR count). The highest BCUT2D eigenvalue weighted by molar-refractivity contribution is 7.98. The molecule has 0 aliphatic heterocycles. The molecule has 0 bridgehead atoms. The molecule has 0 aliphatic carbocycles. The number of benzene rings is 1. The lowest BCUT2D eigenvalue weighted by Gasteiger charge is -2.08. The zero-order chi connectivity index (χ0) is 17.6. The molecule has 7 heteroatoms. The second-order valence-electron chi connectivity index (χ2n) is 5.83. The minimum absolute atomic E-state index is 0.338. The molecule has 25 heavy (non-hydrogen) atoms. The normalized spacial score (nSPS) is 11.5. The summed E-state index contributed by atoms with van der Waals surface area (Å²) in [5.41, 5.74) is 4.74. The molecule has 0 saturated heterocycles. The van der Waals surface area contributed by atoms with Gasteiger partial charge in [-0.3, -0.25) is 0 Å². The van der Waals surface area contributed by atoms with Gasteiger partial charge in [-0.05, 0) is 36.6 Å². The largest absolute Gasteiger partial charge is 0.422 e. The van der Waals surface area contributed by atoms with Crippen LogP contribution in [0.2, 0.25) is 5.02 Å². The highest BCUT2D eigenvalue weighted by Crippen LogP contribution is 2.28. The molecule has 0 unspecified atom stereocenters. The Morgan fingerprint density at radius 1 is 1.28 bits per heavy atom. The first-order valence-electron chi connectivity index (χ1n) is 7.68. The number of aromatic amines is 1. The zero-order valence-corrected chi connectivity index (χ0v) is 15.2. The van der Waals surface area contributed by atoms with Crippen molar-refractivity contribution in [2.45, 2.75) is 24.8 Å². The quantitative estimate of drug-likeness (QED) is 0.420. The van der Waals surface area contributed by atoms with Gasteiger partial charge in [-0.25, -0.2) is 14.8 Å². The number of thioether (sulfide) groups is 1. The number of H-pyrrole nitrogens is 1. The third kappa shape index (κ3) is 3.03. The maximum Gasteiger partial charge on any atom is 0.336 e. The van der Waals surface area contributed by atoms with Crippen LogP contribution in [0.4, 0.5) is 0 Å². The third-order valence-corrected chi connectivity index (χ3v) is 5.29. The molecular weight excluding hydrogens is 358 g/mol. The summed E-state index contributed by atoms with van der Waals surface area (Å²) in [4.78, 5) is 23.8. The van der Waals surface area contributed by atoms with E-state index in [1.54, 1.807) is 18.3 Å². The Labute approximate surface area is 152 Å². The molecule has 0 spiro atoms. The van der Waals surface area contributed by atoms with Gasteiger partial charge in [0.2, 0.25) is 0 Å². The maximum absolute atomic E-state index is 11.9. The van der Waals surface area contributed by atoms with Crippen molar-refractivity contribution in [2.24, 2.45) is 0 Å². The van der Waals surface area contributed by atoms with E-state index in [0.717, 1.165) is 32.7 Å². The van der Waals surface area contributed by atoms with E-state index in [1.807, 2.05) is 26.0 Å². The van der Waals surface area contributed by atoms with Gasteiger partial charge in [-0.1, -0.05) is 35.5 Å². The summed E-state index contributed by atoms with van der Waals surface area (Å²) in [6, 6.07) is 7.37. The summed E-state index contributed by atoms with van der Waals surface area (Å²) in [5.74, 6) is 0.595. The Morgan fingerprint density at radius 2 is 2.12 bits per heavy atom. The number of aromatic nitrogens is 3. The Kier molecular flexibility index (Phi) is 4.01. The highest BCUT2D eigenvalue weighted by Gasteiger charge is 2.11. The van der Waals surface area contributed by atoms with Gasteiger partial charge in [0, 0.05) is 23.4 Å². The fourth-order valence-electron chi connectivity index (χ4n) is 2.71. The second kappa shape index (κ2) is 6.20. The molecule has 0 fully saturated rings. The smallest absolute Gasteiger partial charge is 0.336 e. The van der Waals surface area contributed by atoms with Gasteiger partial charge in [0.1, 0.15) is 5.58 Å². The molecule has 3 heterocycles. The van der Waals surface area contributed by atoms with Gasteiger partial charge in [0.25, 0.3) is 0 Å². The minimum Gasteiger partial charge on any atom is -0.422 e. The number of hydrogen-bond acceptors (Lipinski definition) is 5. The van der Waals surface area contributed by atoms with Crippen LogP contribution >= 0.6 is 23.4 Å². The predicted octanol–water partition coefficient (Wildman–Crippen LogP) is 4.63. The number of hydrogen-bond donors (Lipinski definition) is 1. The number of nitrogens with one attached hydrogen (secondary N) is 1. The standard InChI is InChI=1S/C18H14ClN3O2S/c1-9-3-4-13-11(5-15(23)24-16(13)10(9)2)8-25-18-21-14-6-12(19)7-20-17(14)22-18/h3-7H,8H2,1-2H3,(H,20,21,22). The van der Waals surface area contributed by atoms with Gasteiger partial charge in [-0.2, -0.15) is 0 Å². The molecule has 0 amide bonds. The lowest BCUT2D eigenvalue weighted by molar-refractivity contribution is 0.557. The Morgan fingerprint density at radius 3 is 2.96 bits per heavy atom. The summed E-state index contributed by atoms with van der Waals surface area (Å²) >= 11 is 7.46. The van der Waals surface area contributed by atoms with Crippen LogP contribution < -0.4 is 5.63 Å². The number of aryl methyl sites for hydroxylation is 2. The summed E-state index contributed by atoms with van der Waals surface area (Å²) < 4.78 is 5.41. The van der Waals surface area contributed by atoms with Crippen molar-refractivity contribution in [3.8, 4) is 0 Å². The molecular formula is C18H14ClN3O2S. The summed E-state index contributed by atoms with van der Waals surface area (Å²) in [5, 5.41) is 2.24. The first-order valence-corrected chi connectivity index (χ1v) is 9.04. The van der Waals surface area contributed by atoms with E-state index in [-0.39, 0.29) is 5.63 Å². The predicted molar refractivity (Wildman–Crippen MR) is 100 cm³/mol. The van der Waals surface area contributed by atoms with E-state index in [4.69, 9.17) is 16.0 Å². The van der Waals surface area contributed by atoms with Crippen molar-refractivity contribution in [1.82, 2.24) is 15.0 Å². The second-order valence-corrected chi connectivity index (χ2v) is 7.23. The lowest BCUT2D eigenvalue weighted by atomic mass is 10.0. The molecule has 0 radical (unpaired) electrons. The number of pyridine rings is 1. The van der Waals surface area contributed by atoms with Crippen molar-refractivity contribution < 1.29 is 4.42 Å². The van der Waals surface area contributed by atoms with Crippen LogP contribution in [0.25, 0.3) is 22.1 Å². The van der Waals surface area contributed by atoms with Gasteiger partial charge in [0.15, 0.2) is 10.8 Å². The molecule has 3 aromatic heterocycles. The number of nitrogens with zero attached hydrogens (tertiary/aromatic N) is 2. The molecule has 126 valence electrons. The van der Waals surface area contributed by atoms with Crippen LogP contribution in [0.5, 0.6) is 0 Å². The fraction of sp³-hybridized carbons (Fsp3) is 0.167. The molecule has 1 N–H and O–H groups in total. The van der Waals surface area contributed by atoms with E-state index < -0.39 is 0 Å². The SMILES string of the molecule is Cc1ccc2c(CSc3nc4ncc(Cl)cc4[nH]3)cc(=O)oc2c1C. The third-order valence-electron chi connectivity index (χ3n) is 4.16. The van der Waals surface area contributed by atoms with Crippen LogP contribution in [-0.2, 0) is 5.75 Å². The Bertz CT molecular complexity index is 1170. The van der Waals surface area contributed by atoms with Crippen LogP contribution in [0.15, 0.2) is 44.8 Å². The number of imidazole rings is 1. The van der Waals surface area contributed by atoms with Gasteiger partial charge < -0.3 is 9.40 Å². The molecule has 0 aliphatic rings. The summed E-state index contributed by atoms with van der Waals surface area (Å²) in [6.45, 7) is 3.97. The number of fused-ring (bicyclic) bond motifs is 2. The van der Waals surface area contributed by atoms with E-state index in [0.29, 0.717) is 22.0 Å². The first-order chi connectivity index (χ1) is 12.0. The average molecular weight is 372 g/mol. The molecule has 0 saturated carbocycles. The van der Waals surface area contributed by atoms with Gasteiger partial charge in [0.05, 0.1) is 10.5 Å². The lowest BCUT2D eigenvalue weighted by Crippen LogP contribution is -2.01. The average Bonchev–Trinajstić information content (AvgIpc) is 2.98. The Balaban J connectivity index is 1.70. The zero-order valence-electron chi connectivity index (χ0n) is 13.6. The first kappa shape index (κ1) is 16.2. The molecule has 0 atom stereocenters. The summed E-state index contributed by atoms with van der Waals surface area (Å²) in [7, 11) is 0. The minimum atomic E-state index is -0.338. The van der Waals surface area contributed by atoms with Gasteiger partial charge in [-0.15, -0.1) is 0 Å². The van der Waals surface area contributed by atoms with Crippen molar-refractivity contribution >= 4 is 45.5 Å². The van der Waals surface area contributed by atoms with Crippen LogP contribution in [0.3, 0.4) is 0 Å². The van der Waals surface area contributed by atoms with Crippen LogP contribution in [0.1, 0.15) is 16.7 Å². The van der Waals surface area contributed by atoms with E-state index in [9.17, 15) is 4.79 Å². The van der Waals surface area contributed by atoms with Crippen molar-refractivity contribution in [3.05, 3.63) is 62.6 Å². The highest BCUT2D eigenvalue weighted by atomic mass is 35.5. The van der Waals surface area contributed by atoms with Crippen LogP contribution in [0, 0.1) is 13.8 Å². The fourth-order valence-corrected chi connectivity index (χ4v) is 3.73. The molecule has 1 aromatic carbocycles. The molecule has 4 aromatic rings. The molecule has 5 nitrogen and oxygen atoms in total.